The van der Waals surface area contributed by atoms with Gasteiger partial charge in [-0.25, -0.2) is 0 Å². The number of carbonyl (C=O) groups is 1. The number of hydrogen-bond acceptors (Lipinski definition) is 3. The van der Waals surface area contributed by atoms with Crippen LogP contribution in [0.4, 0.5) is 0 Å². The lowest BCUT2D eigenvalue weighted by atomic mass is 9.87. The van der Waals surface area contributed by atoms with Crippen molar-refractivity contribution in [2.75, 3.05) is 13.1 Å². The Labute approximate surface area is 129 Å². The molecule has 1 aromatic heterocycles. The smallest absolute Gasteiger partial charge is 0.272 e. The van der Waals surface area contributed by atoms with Crippen molar-refractivity contribution in [3.05, 3.63) is 64.3 Å². The summed E-state index contributed by atoms with van der Waals surface area (Å²) in [5.41, 5.74) is 1.18. The number of nitrogens with zero attached hydrogens (tertiary/aromatic N) is 2. The molecule has 2 atom stereocenters. The Morgan fingerprint density at radius 3 is 2.73 bits per heavy atom. The van der Waals surface area contributed by atoms with Crippen LogP contribution < -0.4 is 5.56 Å². The van der Waals surface area contributed by atoms with Crippen LogP contribution in [0.25, 0.3) is 0 Å². The van der Waals surface area contributed by atoms with Crippen molar-refractivity contribution in [3.8, 4) is 0 Å². The van der Waals surface area contributed by atoms with Gasteiger partial charge in [0.2, 0.25) is 0 Å². The Hall–Kier alpha value is -2.43. The number of aromatic amines is 1. The van der Waals surface area contributed by atoms with Gasteiger partial charge >= 0.3 is 0 Å². The summed E-state index contributed by atoms with van der Waals surface area (Å²) in [5.74, 6) is 0.635. The van der Waals surface area contributed by atoms with Crippen molar-refractivity contribution in [3.63, 3.8) is 0 Å². The van der Waals surface area contributed by atoms with Crippen LogP contribution >= 0.6 is 0 Å². The molecule has 1 aliphatic rings. The number of nitrogens with one attached hydrogen (secondary N) is 1. The minimum Gasteiger partial charge on any atom is -0.336 e. The van der Waals surface area contributed by atoms with Crippen LogP contribution in [0.5, 0.6) is 0 Å². The summed E-state index contributed by atoms with van der Waals surface area (Å²) < 4.78 is 0. The van der Waals surface area contributed by atoms with E-state index in [4.69, 9.17) is 0 Å². The molecule has 0 aliphatic carbocycles. The van der Waals surface area contributed by atoms with Gasteiger partial charge in [-0.3, -0.25) is 14.6 Å². The third kappa shape index (κ3) is 2.79. The van der Waals surface area contributed by atoms with Crippen molar-refractivity contribution in [1.29, 1.82) is 0 Å². The summed E-state index contributed by atoms with van der Waals surface area (Å²) in [4.78, 5) is 32.1. The van der Waals surface area contributed by atoms with Gasteiger partial charge in [-0.1, -0.05) is 43.7 Å². The highest BCUT2D eigenvalue weighted by atomic mass is 16.2. The lowest BCUT2D eigenvalue weighted by Crippen LogP contribution is -2.31. The van der Waals surface area contributed by atoms with Crippen molar-refractivity contribution in [2.24, 2.45) is 5.92 Å². The van der Waals surface area contributed by atoms with Crippen LogP contribution in [-0.2, 0) is 0 Å². The number of amides is 1. The molecule has 0 spiro atoms. The van der Waals surface area contributed by atoms with E-state index in [1.807, 2.05) is 23.1 Å². The van der Waals surface area contributed by atoms with E-state index in [1.165, 1.54) is 18.0 Å². The second kappa shape index (κ2) is 6.13. The molecular formula is C17H19N3O2. The van der Waals surface area contributed by atoms with Crippen LogP contribution in [0.1, 0.15) is 35.3 Å². The zero-order valence-electron chi connectivity index (χ0n) is 12.5. The molecule has 3 rings (SSSR count). The fourth-order valence-electron chi connectivity index (χ4n) is 3.18. The molecule has 22 heavy (non-hydrogen) atoms. The second-order valence-electron chi connectivity index (χ2n) is 5.71. The van der Waals surface area contributed by atoms with Gasteiger partial charge < -0.3 is 9.88 Å². The van der Waals surface area contributed by atoms with Crippen molar-refractivity contribution < 1.29 is 4.79 Å². The molecule has 114 valence electrons. The van der Waals surface area contributed by atoms with E-state index < -0.39 is 0 Å². The molecular weight excluding hydrogens is 278 g/mol. The number of hydrogen-bond donors (Lipinski definition) is 1. The van der Waals surface area contributed by atoms with Crippen LogP contribution in [0.3, 0.4) is 0 Å². The van der Waals surface area contributed by atoms with E-state index in [0.717, 1.165) is 6.42 Å². The van der Waals surface area contributed by atoms with E-state index in [0.29, 0.717) is 24.9 Å². The first-order chi connectivity index (χ1) is 10.7. The Balaban J connectivity index is 1.82. The fraction of sp³-hybridized carbons (Fsp3) is 0.353. The number of aromatic nitrogens is 2. The normalized spacial score (nSPS) is 21.0. The van der Waals surface area contributed by atoms with Gasteiger partial charge in [-0.05, 0) is 11.5 Å². The molecule has 5 nitrogen and oxygen atoms in total. The molecule has 0 saturated carbocycles. The highest BCUT2D eigenvalue weighted by molar-refractivity contribution is 5.92. The Bertz CT molecular complexity index is 711. The third-order valence-corrected chi connectivity index (χ3v) is 4.36. The van der Waals surface area contributed by atoms with E-state index in [2.05, 4.69) is 29.0 Å². The van der Waals surface area contributed by atoms with Crippen LogP contribution in [0, 0.1) is 5.92 Å². The summed E-state index contributed by atoms with van der Waals surface area (Å²) in [6.45, 7) is 3.55. The lowest BCUT2D eigenvalue weighted by molar-refractivity contribution is 0.0779. The zero-order valence-corrected chi connectivity index (χ0v) is 12.5. The maximum atomic E-state index is 12.6. The average molecular weight is 297 g/mol. The molecule has 1 aliphatic heterocycles. The van der Waals surface area contributed by atoms with Gasteiger partial charge in [0.25, 0.3) is 11.5 Å². The Morgan fingerprint density at radius 1 is 1.27 bits per heavy atom. The summed E-state index contributed by atoms with van der Waals surface area (Å²) >= 11 is 0. The highest BCUT2D eigenvalue weighted by Crippen LogP contribution is 2.34. The summed E-state index contributed by atoms with van der Waals surface area (Å²) in [6, 6.07) is 10.3. The molecule has 0 bridgehead atoms. The van der Waals surface area contributed by atoms with E-state index in [-0.39, 0.29) is 17.2 Å². The topological polar surface area (TPSA) is 66.1 Å². The van der Waals surface area contributed by atoms with Crippen LogP contribution in [-0.4, -0.2) is 33.9 Å². The summed E-state index contributed by atoms with van der Waals surface area (Å²) in [5, 5.41) is 0. The predicted molar refractivity (Wildman–Crippen MR) is 83.7 cm³/mol. The molecule has 1 amide bonds. The summed E-state index contributed by atoms with van der Waals surface area (Å²) in [6.07, 6.45) is 3.61. The first kappa shape index (κ1) is 14.5. The third-order valence-electron chi connectivity index (χ3n) is 4.36. The zero-order chi connectivity index (χ0) is 15.5. The molecule has 2 aromatic rings. The van der Waals surface area contributed by atoms with E-state index in [9.17, 15) is 9.59 Å². The highest BCUT2D eigenvalue weighted by Gasteiger charge is 2.35. The minimum absolute atomic E-state index is 0.151. The SMILES string of the molecule is CC[C@H]1CN(C(=O)c2cncc(=O)[nH]2)C[C@@H]1c1ccccc1. The largest absolute Gasteiger partial charge is 0.336 e. The fourth-order valence-corrected chi connectivity index (χ4v) is 3.18. The summed E-state index contributed by atoms with van der Waals surface area (Å²) in [7, 11) is 0. The van der Waals surface area contributed by atoms with E-state index >= 15 is 0 Å². The van der Waals surface area contributed by atoms with Crippen molar-refractivity contribution in [2.45, 2.75) is 19.3 Å². The predicted octanol–water partition coefficient (Wildman–Crippen LogP) is 2.04. The Morgan fingerprint density at radius 2 is 2.05 bits per heavy atom. The first-order valence-electron chi connectivity index (χ1n) is 7.57. The average Bonchev–Trinajstić information content (AvgIpc) is 2.99. The number of carbonyl (C=O) groups excluding carboxylic acids is 1. The molecule has 1 saturated heterocycles. The monoisotopic (exact) mass is 297 g/mol. The van der Waals surface area contributed by atoms with Crippen LogP contribution in [0.2, 0.25) is 0 Å². The van der Waals surface area contributed by atoms with Gasteiger partial charge in [0, 0.05) is 19.0 Å². The molecule has 1 fully saturated rings. The quantitative estimate of drug-likeness (QED) is 0.942. The standard InChI is InChI=1S/C17H19N3O2/c1-2-12-10-20(11-14(12)13-6-4-3-5-7-13)17(22)15-8-18-9-16(21)19-15/h3-9,12,14H,2,10-11H2,1H3,(H,19,21)/t12-,14-/m0/s1. The van der Waals surface area contributed by atoms with E-state index in [1.54, 1.807) is 0 Å². The lowest BCUT2D eigenvalue weighted by Gasteiger charge is -2.16. The minimum atomic E-state index is -0.350. The molecule has 1 aromatic carbocycles. The molecule has 0 radical (unpaired) electrons. The molecule has 2 heterocycles. The molecule has 5 heteroatoms. The Kier molecular flexibility index (Phi) is 4.04. The van der Waals surface area contributed by atoms with Gasteiger partial charge in [0.15, 0.2) is 0 Å². The van der Waals surface area contributed by atoms with Gasteiger partial charge in [-0.15, -0.1) is 0 Å². The van der Waals surface area contributed by atoms with Crippen molar-refractivity contribution >= 4 is 5.91 Å². The van der Waals surface area contributed by atoms with Crippen LogP contribution in [0.15, 0.2) is 47.5 Å². The maximum absolute atomic E-state index is 12.6. The number of rotatable bonds is 3. The van der Waals surface area contributed by atoms with Gasteiger partial charge in [-0.2, -0.15) is 0 Å². The maximum Gasteiger partial charge on any atom is 0.272 e. The van der Waals surface area contributed by atoms with Gasteiger partial charge in [0.05, 0.1) is 12.4 Å². The number of H-pyrrole nitrogens is 1. The molecule has 1 N–H and O–H groups in total. The first-order valence-corrected chi connectivity index (χ1v) is 7.57. The molecule has 0 unspecified atom stereocenters. The number of likely N-dealkylation sites (tertiary alicyclic amines) is 1. The van der Waals surface area contributed by atoms with Gasteiger partial charge in [0.1, 0.15) is 5.69 Å². The second-order valence-corrected chi connectivity index (χ2v) is 5.71. The number of benzene rings is 1. The van der Waals surface area contributed by atoms with Crippen molar-refractivity contribution in [1.82, 2.24) is 14.9 Å².